The third-order valence-electron chi connectivity index (χ3n) is 6.86. The normalized spacial score (nSPS) is 21.3. The quantitative estimate of drug-likeness (QED) is 0.514. The van der Waals surface area contributed by atoms with Gasteiger partial charge >= 0.3 is 0 Å². The number of pyridine rings is 2. The van der Waals surface area contributed by atoms with E-state index in [0.717, 1.165) is 53.5 Å². The molecule has 0 spiro atoms. The van der Waals surface area contributed by atoms with Crippen LogP contribution in [0.2, 0.25) is 0 Å². The lowest BCUT2D eigenvalue weighted by atomic mass is 9.87. The van der Waals surface area contributed by atoms with Gasteiger partial charge in [0.1, 0.15) is 11.5 Å². The van der Waals surface area contributed by atoms with Crippen LogP contribution in [0.5, 0.6) is 0 Å². The highest BCUT2D eigenvalue weighted by Gasteiger charge is 2.24. The zero-order valence-corrected chi connectivity index (χ0v) is 17.8. The molecule has 1 aliphatic carbocycles. The number of anilines is 2. The molecule has 6 rings (SSSR count). The smallest absolute Gasteiger partial charge is 0.230 e. The molecule has 1 saturated carbocycles. The summed E-state index contributed by atoms with van der Waals surface area (Å²) in [4.78, 5) is 18.8. The Bertz CT molecular complexity index is 1250. The summed E-state index contributed by atoms with van der Waals surface area (Å²) in [6.07, 6.45) is 11.6. The lowest BCUT2D eigenvalue weighted by molar-refractivity contribution is 0.298. The van der Waals surface area contributed by atoms with Gasteiger partial charge < -0.3 is 15.2 Å². The Kier molecular flexibility index (Phi) is 4.56. The van der Waals surface area contributed by atoms with Gasteiger partial charge in [0, 0.05) is 54.4 Å². The third-order valence-corrected chi connectivity index (χ3v) is 6.86. The van der Waals surface area contributed by atoms with Crippen molar-refractivity contribution in [2.24, 2.45) is 5.92 Å². The second kappa shape index (κ2) is 7.57. The van der Waals surface area contributed by atoms with Crippen LogP contribution < -0.4 is 10.6 Å². The van der Waals surface area contributed by atoms with E-state index in [1.807, 2.05) is 24.7 Å². The van der Waals surface area contributed by atoms with Crippen molar-refractivity contribution in [3.05, 3.63) is 48.0 Å². The SMILES string of the molecule is C[C@H]1CC[C@H](n2c3cnccc3c3cnc(Nc4ccc5c(n4)CCNC5)nc32)CC1. The summed E-state index contributed by atoms with van der Waals surface area (Å²) in [5.74, 6) is 2.20. The van der Waals surface area contributed by atoms with Gasteiger partial charge in [0.2, 0.25) is 5.95 Å². The molecule has 4 aromatic heterocycles. The molecule has 0 aromatic carbocycles. The standard InChI is InChI=1S/C24H27N7/c1-15-2-5-17(6-3-15)31-21-14-26-10-8-18(21)19-13-27-24(30-23(19)31)29-22-7-4-16-12-25-11-9-20(16)28-22/h4,7-8,10,13-15,17,25H,2-3,5-6,9,11-12H2,1H3,(H,27,28,29,30)/t15-,17-. The molecule has 158 valence electrons. The Labute approximate surface area is 181 Å². The number of rotatable bonds is 3. The second-order valence-electron chi connectivity index (χ2n) is 8.96. The molecule has 0 radical (unpaired) electrons. The lowest BCUT2D eigenvalue weighted by Crippen LogP contribution is -2.24. The van der Waals surface area contributed by atoms with E-state index in [4.69, 9.17) is 9.97 Å². The van der Waals surface area contributed by atoms with E-state index in [1.165, 1.54) is 36.6 Å². The second-order valence-corrected chi connectivity index (χ2v) is 8.96. The number of fused-ring (bicyclic) bond motifs is 4. The molecule has 4 aromatic rings. The fourth-order valence-corrected chi connectivity index (χ4v) is 5.12. The van der Waals surface area contributed by atoms with Gasteiger partial charge in [-0.3, -0.25) is 4.98 Å². The van der Waals surface area contributed by atoms with E-state index in [9.17, 15) is 0 Å². The molecule has 31 heavy (non-hydrogen) atoms. The average molecular weight is 414 g/mol. The van der Waals surface area contributed by atoms with Crippen LogP contribution >= 0.6 is 0 Å². The van der Waals surface area contributed by atoms with Crippen molar-refractivity contribution >= 4 is 33.7 Å². The Morgan fingerprint density at radius 3 is 2.84 bits per heavy atom. The minimum Gasteiger partial charge on any atom is -0.321 e. The monoisotopic (exact) mass is 413 g/mol. The maximum atomic E-state index is 4.97. The zero-order chi connectivity index (χ0) is 20.8. The van der Waals surface area contributed by atoms with Crippen molar-refractivity contribution in [1.29, 1.82) is 0 Å². The van der Waals surface area contributed by atoms with Crippen LogP contribution in [0.15, 0.2) is 36.8 Å². The summed E-state index contributed by atoms with van der Waals surface area (Å²) in [6, 6.07) is 6.69. The van der Waals surface area contributed by atoms with E-state index < -0.39 is 0 Å². The Morgan fingerprint density at radius 2 is 1.94 bits per heavy atom. The minimum absolute atomic E-state index is 0.456. The van der Waals surface area contributed by atoms with Crippen molar-refractivity contribution < 1.29 is 0 Å². The molecule has 0 amide bonds. The predicted molar refractivity (Wildman–Crippen MR) is 122 cm³/mol. The van der Waals surface area contributed by atoms with Crippen molar-refractivity contribution in [1.82, 2.24) is 29.8 Å². The fraction of sp³-hybridized carbons (Fsp3) is 0.417. The van der Waals surface area contributed by atoms with Gasteiger partial charge in [-0.1, -0.05) is 13.0 Å². The molecule has 0 unspecified atom stereocenters. The summed E-state index contributed by atoms with van der Waals surface area (Å²) < 4.78 is 2.41. The molecule has 0 saturated heterocycles. The Balaban J connectivity index is 1.41. The van der Waals surface area contributed by atoms with Crippen LogP contribution in [0.25, 0.3) is 21.9 Å². The zero-order valence-electron chi connectivity index (χ0n) is 17.8. The first-order chi connectivity index (χ1) is 15.3. The van der Waals surface area contributed by atoms with Gasteiger partial charge in [0.25, 0.3) is 0 Å². The number of nitrogens with one attached hydrogen (secondary N) is 2. The third kappa shape index (κ3) is 3.33. The van der Waals surface area contributed by atoms with E-state index in [0.29, 0.717) is 12.0 Å². The van der Waals surface area contributed by atoms with Crippen LogP contribution in [0.4, 0.5) is 11.8 Å². The highest BCUT2D eigenvalue weighted by atomic mass is 15.2. The van der Waals surface area contributed by atoms with Crippen LogP contribution in [-0.4, -0.2) is 31.0 Å². The first kappa shape index (κ1) is 18.7. The first-order valence-electron chi connectivity index (χ1n) is 11.3. The van der Waals surface area contributed by atoms with E-state index in [1.54, 1.807) is 0 Å². The summed E-state index contributed by atoms with van der Waals surface area (Å²) in [5.41, 5.74) is 4.57. The van der Waals surface area contributed by atoms with Gasteiger partial charge in [0.05, 0.1) is 11.7 Å². The predicted octanol–water partition coefficient (Wildman–Crippen LogP) is 4.52. The highest BCUT2D eigenvalue weighted by Crippen LogP contribution is 2.38. The molecule has 1 fully saturated rings. The molecule has 0 atom stereocenters. The summed E-state index contributed by atoms with van der Waals surface area (Å²) in [7, 11) is 0. The fourth-order valence-electron chi connectivity index (χ4n) is 5.12. The molecule has 7 nitrogen and oxygen atoms in total. The largest absolute Gasteiger partial charge is 0.321 e. The van der Waals surface area contributed by atoms with Gasteiger partial charge in [0.15, 0.2) is 0 Å². The van der Waals surface area contributed by atoms with E-state index in [-0.39, 0.29) is 0 Å². The van der Waals surface area contributed by atoms with Crippen LogP contribution in [-0.2, 0) is 13.0 Å². The molecule has 1 aliphatic heterocycles. The lowest BCUT2D eigenvalue weighted by Gasteiger charge is -2.28. The maximum Gasteiger partial charge on any atom is 0.230 e. The molecule has 2 aliphatic rings. The summed E-state index contributed by atoms with van der Waals surface area (Å²) >= 11 is 0. The van der Waals surface area contributed by atoms with Gasteiger partial charge in [-0.25, -0.2) is 9.97 Å². The first-order valence-corrected chi connectivity index (χ1v) is 11.3. The molecule has 7 heteroatoms. The van der Waals surface area contributed by atoms with E-state index >= 15 is 0 Å². The van der Waals surface area contributed by atoms with Crippen molar-refractivity contribution in [2.75, 3.05) is 11.9 Å². The van der Waals surface area contributed by atoms with E-state index in [2.05, 4.69) is 44.2 Å². The van der Waals surface area contributed by atoms with Crippen LogP contribution in [0, 0.1) is 5.92 Å². The number of nitrogens with zero attached hydrogens (tertiary/aromatic N) is 5. The van der Waals surface area contributed by atoms with Gasteiger partial charge in [-0.05, 0) is 49.3 Å². The molecule has 2 N–H and O–H groups in total. The molecule has 0 bridgehead atoms. The van der Waals surface area contributed by atoms with Gasteiger partial charge in [-0.2, -0.15) is 4.98 Å². The van der Waals surface area contributed by atoms with Crippen LogP contribution in [0.1, 0.15) is 49.9 Å². The van der Waals surface area contributed by atoms with Crippen molar-refractivity contribution in [2.45, 2.75) is 51.6 Å². The summed E-state index contributed by atoms with van der Waals surface area (Å²) in [6.45, 7) is 4.22. The highest BCUT2D eigenvalue weighted by molar-refractivity contribution is 6.06. The van der Waals surface area contributed by atoms with Crippen LogP contribution in [0.3, 0.4) is 0 Å². The molecular formula is C24H27N7. The minimum atomic E-state index is 0.456. The number of aromatic nitrogens is 5. The Hall–Kier alpha value is -3.06. The van der Waals surface area contributed by atoms with Gasteiger partial charge in [-0.15, -0.1) is 0 Å². The average Bonchev–Trinajstić information content (AvgIpc) is 3.13. The summed E-state index contributed by atoms with van der Waals surface area (Å²) in [5, 5.41) is 9.00. The molecular weight excluding hydrogens is 386 g/mol. The molecule has 5 heterocycles. The Morgan fingerprint density at radius 1 is 1.03 bits per heavy atom. The topological polar surface area (TPSA) is 80.5 Å². The number of hydrogen-bond donors (Lipinski definition) is 2. The number of hydrogen-bond acceptors (Lipinski definition) is 6. The van der Waals surface area contributed by atoms with Crippen molar-refractivity contribution in [3.8, 4) is 0 Å². The maximum absolute atomic E-state index is 4.97. The van der Waals surface area contributed by atoms with Crippen molar-refractivity contribution in [3.63, 3.8) is 0 Å².